The fourth-order valence-electron chi connectivity index (χ4n) is 2.76. The van der Waals surface area contributed by atoms with Gasteiger partial charge < -0.3 is 10.5 Å². The van der Waals surface area contributed by atoms with Gasteiger partial charge in [0.05, 0.1) is 6.61 Å². The van der Waals surface area contributed by atoms with E-state index in [1.165, 1.54) is 16.7 Å². The molecule has 0 aliphatic carbocycles. The largest absolute Gasteiger partial charge is 0.493 e. The van der Waals surface area contributed by atoms with Crippen LogP contribution in [-0.2, 0) is 10.8 Å². The van der Waals surface area contributed by atoms with E-state index < -0.39 is 0 Å². The lowest BCUT2D eigenvalue weighted by Crippen LogP contribution is -2.22. The third-order valence-corrected chi connectivity index (χ3v) is 4.04. The van der Waals surface area contributed by atoms with Gasteiger partial charge in [0, 0.05) is 17.2 Å². The third kappa shape index (κ3) is 4.49. The Kier molecular flexibility index (Phi) is 6.09. The molecular formula is C20H35NO. The predicted molar refractivity (Wildman–Crippen MR) is 96.8 cm³/mol. The van der Waals surface area contributed by atoms with Crippen molar-refractivity contribution >= 4 is 0 Å². The molecule has 1 atom stereocenters. The molecule has 0 spiro atoms. The van der Waals surface area contributed by atoms with Crippen LogP contribution in [-0.4, -0.2) is 6.61 Å². The monoisotopic (exact) mass is 305 g/mol. The molecule has 1 unspecified atom stereocenters. The summed E-state index contributed by atoms with van der Waals surface area (Å²) in [5.74, 6) is 1.05. The van der Waals surface area contributed by atoms with Gasteiger partial charge in [-0.3, -0.25) is 0 Å². The second-order valence-corrected chi connectivity index (χ2v) is 8.27. The Morgan fingerprint density at radius 1 is 0.955 bits per heavy atom. The van der Waals surface area contributed by atoms with Gasteiger partial charge in [-0.15, -0.1) is 0 Å². The Labute approximate surface area is 137 Å². The summed E-state index contributed by atoms with van der Waals surface area (Å²) in [6.45, 7) is 18.4. The highest BCUT2D eigenvalue weighted by Gasteiger charge is 2.28. The first kappa shape index (κ1) is 19.0. The minimum absolute atomic E-state index is 0.0342. The van der Waals surface area contributed by atoms with Crippen molar-refractivity contribution in [2.45, 2.75) is 85.1 Å². The summed E-state index contributed by atoms with van der Waals surface area (Å²) in [6, 6.07) is 4.63. The van der Waals surface area contributed by atoms with Crippen molar-refractivity contribution in [2.24, 2.45) is 5.73 Å². The molecule has 0 aromatic heterocycles. The lowest BCUT2D eigenvalue weighted by Gasteiger charge is -2.31. The molecule has 22 heavy (non-hydrogen) atoms. The van der Waals surface area contributed by atoms with E-state index in [0.717, 1.165) is 18.6 Å². The summed E-state index contributed by atoms with van der Waals surface area (Å²) in [6.07, 6.45) is 2.12. The number of hydrogen-bond donors (Lipinski definition) is 1. The van der Waals surface area contributed by atoms with Gasteiger partial charge in [0.25, 0.3) is 0 Å². The number of rotatable bonds is 5. The van der Waals surface area contributed by atoms with Gasteiger partial charge in [-0.05, 0) is 41.9 Å². The first-order chi connectivity index (χ1) is 10.0. The van der Waals surface area contributed by atoms with Crippen molar-refractivity contribution < 1.29 is 4.74 Å². The summed E-state index contributed by atoms with van der Waals surface area (Å²) in [7, 11) is 0. The second-order valence-electron chi connectivity index (χ2n) is 8.27. The van der Waals surface area contributed by atoms with Gasteiger partial charge in [-0.2, -0.15) is 0 Å². The fourth-order valence-corrected chi connectivity index (χ4v) is 2.76. The normalized spacial score (nSPS) is 14.0. The zero-order chi connectivity index (χ0) is 17.1. The quantitative estimate of drug-likeness (QED) is 0.781. The SMILES string of the molecule is CCCC(N)c1cc(C(C)(C)C)c(OCC)c(C(C)(C)C)c1. The summed E-state index contributed by atoms with van der Waals surface area (Å²) in [5.41, 5.74) is 10.3. The molecule has 0 saturated heterocycles. The van der Waals surface area contributed by atoms with E-state index in [0.29, 0.717) is 6.61 Å². The molecule has 0 amide bonds. The highest BCUT2D eigenvalue weighted by molar-refractivity contribution is 5.51. The van der Waals surface area contributed by atoms with Crippen LogP contribution in [0.4, 0.5) is 0 Å². The van der Waals surface area contributed by atoms with Gasteiger partial charge in [0.1, 0.15) is 5.75 Å². The minimum atomic E-state index is 0.0342. The highest BCUT2D eigenvalue weighted by Crippen LogP contribution is 2.41. The first-order valence-electron chi connectivity index (χ1n) is 8.59. The lowest BCUT2D eigenvalue weighted by atomic mass is 9.77. The van der Waals surface area contributed by atoms with Gasteiger partial charge in [-0.25, -0.2) is 0 Å². The second kappa shape index (κ2) is 7.04. The predicted octanol–water partition coefficient (Wildman–Crippen LogP) is 5.48. The summed E-state index contributed by atoms with van der Waals surface area (Å²) >= 11 is 0. The Morgan fingerprint density at radius 2 is 1.41 bits per heavy atom. The van der Waals surface area contributed by atoms with Crippen molar-refractivity contribution in [3.8, 4) is 5.75 Å². The third-order valence-electron chi connectivity index (χ3n) is 4.04. The van der Waals surface area contributed by atoms with Crippen LogP contribution in [0.3, 0.4) is 0 Å². The Morgan fingerprint density at radius 3 is 1.73 bits per heavy atom. The van der Waals surface area contributed by atoms with E-state index in [1.54, 1.807) is 0 Å². The molecule has 2 N–H and O–H groups in total. The zero-order valence-corrected chi connectivity index (χ0v) is 15.8. The van der Waals surface area contributed by atoms with Gasteiger partial charge in [0.2, 0.25) is 0 Å². The number of ether oxygens (including phenoxy) is 1. The molecular weight excluding hydrogens is 270 g/mol. The molecule has 0 heterocycles. The Bertz CT molecular complexity index is 456. The minimum Gasteiger partial charge on any atom is -0.493 e. The van der Waals surface area contributed by atoms with E-state index in [4.69, 9.17) is 10.5 Å². The van der Waals surface area contributed by atoms with Crippen molar-refractivity contribution in [3.63, 3.8) is 0 Å². The standard InChI is InChI=1S/C20H35NO/c1-9-11-17(21)14-12-15(19(3,4)5)18(22-10-2)16(13-14)20(6,7)8/h12-13,17H,9-11,21H2,1-8H3. The Balaban J connectivity index is 3.61. The van der Waals surface area contributed by atoms with Crippen LogP contribution in [0.5, 0.6) is 5.75 Å². The molecule has 0 saturated carbocycles. The zero-order valence-electron chi connectivity index (χ0n) is 15.8. The number of nitrogens with two attached hydrogens (primary N) is 1. The number of hydrogen-bond acceptors (Lipinski definition) is 2. The molecule has 0 fully saturated rings. The smallest absolute Gasteiger partial charge is 0.126 e. The molecule has 0 aliphatic heterocycles. The molecule has 1 aromatic carbocycles. The average molecular weight is 306 g/mol. The molecule has 126 valence electrons. The maximum absolute atomic E-state index is 6.41. The fraction of sp³-hybridized carbons (Fsp3) is 0.700. The molecule has 1 rings (SSSR count). The summed E-state index contributed by atoms with van der Waals surface area (Å²) < 4.78 is 6.08. The Hall–Kier alpha value is -1.02. The summed E-state index contributed by atoms with van der Waals surface area (Å²) in [5, 5.41) is 0. The first-order valence-corrected chi connectivity index (χ1v) is 8.59. The average Bonchev–Trinajstić information content (AvgIpc) is 2.36. The van der Waals surface area contributed by atoms with Crippen LogP contribution in [0.1, 0.15) is 91.0 Å². The molecule has 0 bridgehead atoms. The van der Waals surface area contributed by atoms with Crippen LogP contribution in [0.25, 0.3) is 0 Å². The molecule has 2 heteroatoms. The van der Waals surface area contributed by atoms with Crippen LogP contribution in [0.2, 0.25) is 0 Å². The van der Waals surface area contributed by atoms with E-state index in [1.807, 2.05) is 0 Å². The van der Waals surface area contributed by atoms with Gasteiger partial charge >= 0.3 is 0 Å². The number of benzene rings is 1. The molecule has 2 nitrogen and oxygen atoms in total. The van der Waals surface area contributed by atoms with E-state index in [9.17, 15) is 0 Å². The van der Waals surface area contributed by atoms with Crippen LogP contribution < -0.4 is 10.5 Å². The van der Waals surface area contributed by atoms with Crippen molar-refractivity contribution in [3.05, 3.63) is 28.8 Å². The van der Waals surface area contributed by atoms with Gasteiger partial charge in [0.15, 0.2) is 0 Å². The van der Waals surface area contributed by atoms with Crippen molar-refractivity contribution in [1.29, 1.82) is 0 Å². The lowest BCUT2D eigenvalue weighted by molar-refractivity contribution is 0.319. The van der Waals surface area contributed by atoms with E-state index in [-0.39, 0.29) is 16.9 Å². The van der Waals surface area contributed by atoms with Crippen LogP contribution >= 0.6 is 0 Å². The van der Waals surface area contributed by atoms with Crippen molar-refractivity contribution in [2.75, 3.05) is 6.61 Å². The van der Waals surface area contributed by atoms with E-state index in [2.05, 4.69) is 67.5 Å². The van der Waals surface area contributed by atoms with Crippen LogP contribution in [0.15, 0.2) is 12.1 Å². The molecule has 0 aliphatic rings. The molecule has 1 aromatic rings. The maximum Gasteiger partial charge on any atom is 0.126 e. The topological polar surface area (TPSA) is 35.2 Å². The molecule has 0 radical (unpaired) electrons. The van der Waals surface area contributed by atoms with Gasteiger partial charge in [-0.1, -0.05) is 54.9 Å². The van der Waals surface area contributed by atoms with Crippen LogP contribution in [0, 0.1) is 0 Å². The maximum atomic E-state index is 6.41. The highest BCUT2D eigenvalue weighted by atomic mass is 16.5. The van der Waals surface area contributed by atoms with E-state index >= 15 is 0 Å². The van der Waals surface area contributed by atoms with Crippen molar-refractivity contribution in [1.82, 2.24) is 0 Å². The summed E-state index contributed by atoms with van der Waals surface area (Å²) in [4.78, 5) is 0.